The van der Waals surface area contributed by atoms with Crippen LogP contribution >= 0.6 is 0 Å². The highest BCUT2D eigenvalue weighted by atomic mass is 16.5. The second kappa shape index (κ2) is 8.13. The number of carbonyl (C=O) groups is 2. The van der Waals surface area contributed by atoms with Gasteiger partial charge in [0.05, 0.1) is 5.92 Å². The third-order valence-electron chi connectivity index (χ3n) is 4.74. The molecular formula is C18H25N3O3. The molecule has 0 aromatic carbocycles. The molecule has 2 N–H and O–H groups in total. The molecular weight excluding hydrogens is 306 g/mol. The molecule has 1 aliphatic carbocycles. The summed E-state index contributed by atoms with van der Waals surface area (Å²) in [6.45, 7) is 0.872. The van der Waals surface area contributed by atoms with Crippen molar-refractivity contribution in [3.8, 4) is 5.88 Å². The number of hydrogen-bond acceptors (Lipinski definition) is 4. The molecule has 24 heavy (non-hydrogen) atoms. The molecule has 1 aromatic heterocycles. The summed E-state index contributed by atoms with van der Waals surface area (Å²) in [4.78, 5) is 27.6. The summed E-state index contributed by atoms with van der Waals surface area (Å²) < 4.78 is 5.90. The van der Waals surface area contributed by atoms with Crippen LogP contribution in [0.4, 0.5) is 0 Å². The van der Waals surface area contributed by atoms with Crippen LogP contribution in [-0.4, -0.2) is 29.4 Å². The van der Waals surface area contributed by atoms with Gasteiger partial charge in [0, 0.05) is 31.8 Å². The molecule has 0 spiro atoms. The number of nitrogens with zero attached hydrogens (tertiary/aromatic N) is 1. The molecule has 0 bridgehead atoms. The van der Waals surface area contributed by atoms with Crippen molar-refractivity contribution in [2.45, 2.75) is 57.6 Å². The molecule has 1 saturated heterocycles. The van der Waals surface area contributed by atoms with Crippen LogP contribution in [0.3, 0.4) is 0 Å². The fourth-order valence-electron chi connectivity index (χ4n) is 3.23. The van der Waals surface area contributed by atoms with Crippen LogP contribution in [0.15, 0.2) is 18.3 Å². The molecule has 1 saturated carbocycles. The maximum absolute atomic E-state index is 12.1. The predicted molar refractivity (Wildman–Crippen MR) is 89.3 cm³/mol. The van der Waals surface area contributed by atoms with Crippen LogP contribution in [0.1, 0.15) is 50.5 Å². The van der Waals surface area contributed by atoms with Gasteiger partial charge >= 0.3 is 0 Å². The number of ether oxygens (including phenoxy) is 1. The quantitative estimate of drug-likeness (QED) is 0.864. The smallest absolute Gasteiger partial charge is 0.225 e. The van der Waals surface area contributed by atoms with E-state index >= 15 is 0 Å². The highest BCUT2D eigenvalue weighted by Crippen LogP contribution is 2.22. The lowest BCUT2D eigenvalue weighted by Gasteiger charge is -2.22. The molecule has 1 aromatic rings. The van der Waals surface area contributed by atoms with Crippen molar-refractivity contribution in [2.75, 3.05) is 6.54 Å². The van der Waals surface area contributed by atoms with E-state index in [-0.39, 0.29) is 17.7 Å². The van der Waals surface area contributed by atoms with Crippen molar-refractivity contribution in [1.29, 1.82) is 0 Å². The molecule has 1 atom stereocenters. The summed E-state index contributed by atoms with van der Waals surface area (Å²) in [6, 6.07) is 3.81. The Morgan fingerprint density at radius 2 is 2.08 bits per heavy atom. The van der Waals surface area contributed by atoms with E-state index in [2.05, 4.69) is 15.6 Å². The van der Waals surface area contributed by atoms with E-state index in [1.54, 1.807) is 6.20 Å². The first-order valence-electron chi connectivity index (χ1n) is 8.87. The lowest BCUT2D eigenvalue weighted by atomic mass is 9.98. The molecule has 3 rings (SSSR count). The van der Waals surface area contributed by atoms with Gasteiger partial charge in [-0.3, -0.25) is 9.59 Å². The summed E-state index contributed by atoms with van der Waals surface area (Å²) in [5.41, 5.74) is 0.944. The minimum Gasteiger partial charge on any atom is -0.474 e. The first-order chi connectivity index (χ1) is 11.7. The Morgan fingerprint density at radius 3 is 2.75 bits per heavy atom. The SMILES string of the molecule is O=C1CC[C@@H](C(=O)NCc2ccc(OC3CCCCC3)nc2)CN1. The number of carbonyl (C=O) groups excluding carboxylic acids is 2. The zero-order valence-electron chi connectivity index (χ0n) is 13.9. The van der Waals surface area contributed by atoms with Gasteiger partial charge in [0.25, 0.3) is 0 Å². The van der Waals surface area contributed by atoms with Crippen LogP contribution in [0.25, 0.3) is 0 Å². The molecule has 6 heteroatoms. The zero-order valence-corrected chi connectivity index (χ0v) is 13.9. The number of aromatic nitrogens is 1. The maximum atomic E-state index is 12.1. The summed E-state index contributed by atoms with van der Waals surface area (Å²) >= 11 is 0. The fraction of sp³-hybridized carbons (Fsp3) is 0.611. The monoisotopic (exact) mass is 331 g/mol. The minimum absolute atomic E-state index is 0.0162. The molecule has 2 fully saturated rings. The number of amides is 2. The van der Waals surface area contributed by atoms with E-state index < -0.39 is 0 Å². The van der Waals surface area contributed by atoms with E-state index in [9.17, 15) is 9.59 Å². The van der Waals surface area contributed by atoms with E-state index in [0.717, 1.165) is 18.4 Å². The highest BCUT2D eigenvalue weighted by molar-refractivity contribution is 5.83. The van der Waals surface area contributed by atoms with Gasteiger partial charge in [-0.1, -0.05) is 12.5 Å². The van der Waals surface area contributed by atoms with Gasteiger partial charge in [-0.25, -0.2) is 4.98 Å². The average Bonchev–Trinajstić information content (AvgIpc) is 2.62. The fourth-order valence-corrected chi connectivity index (χ4v) is 3.23. The standard InChI is InChI=1S/C18H25N3O3/c22-16-8-7-14(12-19-16)18(23)21-11-13-6-9-17(20-10-13)24-15-4-2-1-3-5-15/h6,9-10,14-15H,1-5,7-8,11-12H2,(H,19,22)(H,21,23)/t14-/m1/s1. The lowest BCUT2D eigenvalue weighted by molar-refractivity contribution is -0.129. The van der Waals surface area contributed by atoms with Crippen molar-refractivity contribution >= 4 is 11.8 Å². The van der Waals surface area contributed by atoms with E-state index in [0.29, 0.717) is 37.9 Å². The minimum atomic E-state index is -0.135. The van der Waals surface area contributed by atoms with E-state index in [4.69, 9.17) is 4.74 Å². The molecule has 130 valence electrons. The number of nitrogens with one attached hydrogen (secondary N) is 2. The van der Waals surface area contributed by atoms with Gasteiger partial charge in [0.1, 0.15) is 6.10 Å². The first-order valence-corrected chi connectivity index (χ1v) is 8.87. The molecule has 2 heterocycles. The van der Waals surface area contributed by atoms with Crippen LogP contribution in [-0.2, 0) is 16.1 Å². The van der Waals surface area contributed by atoms with Gasteiger partial charge in [0.2, 0.25) is 17.7 Å². The lowest BCUT2D eigenvalue weighted by Crippen LogP contribution is -2.42. The van der Waals surface area contributed by atoms with Crippen molar-refractivity contribution in [3.05, 3.63) is 23.9 Å². The van der Waals surface area contributed by atoms with Crippen LogP contribution in [0.5, 0.6) is 5.88 Å². The Morgan fingerprint density at radius 1 is 1.25 bits per heavy atom. The largest absolute Gasteiger partial charge is 0.474 e. The van der Waals surface area contributed by atoms with Gasteiger partial charge < -0.3 is 15.4 Å². The first kappa shape index (κ1) is 16.7. The number of pyridine rings is 1. The summed E-state index contributed by atoms with van der Waals surface area (Å²) in [5.74, 6) is 0.533. The second-order valence-electron chi connectivity index (χ2n) is 6.64. The van der Waals surface area contributed by atoms with Crippen LogP contribution in [0.2, 0.25) is 0 Å². The number of hydrogen-bond donors (Lipinski definition) is 2. The Balaban J connectivity index is 1.44. The van der Waals surface area contributed by atoms with Crippen molar-refractivity contribution in [2.24, 2.45) is 5.92 Å². The molecule has 0 radical (unpaired) electrons. The third-order valence-corrected chi connectivity index (χ3v) is 4.74. The Hall–Kier alpha value is -2.11. The summed E-state index contributed by atoms with van der Waals surface area (Å²) in [7, 11) is 0. The van der Waals surface area contributed by atoms with Crippen molar-refractivity contribution in [3.63, 3.8) is 0 Å². The van der Waals surface area contributed by atoms with Crippen LogP contribution < -0.4 is 15.4 Å². The zero-order chi connectivity index (χ0) is 16.8. The molecule has 0 unspecified atom stereocenters. The predicted octanol–water partition coefficient (Wildman–Crippen LogP) is 1.94. The molecule has 2 amide bonds. The Kier molecular flexibility index (Phi) is 5.67. The summed E-state index contributed by atoms with van der Waals surface area (Å²) in [5, 5.41) is 5.64. The Bertz CT molecular complexity index is 557. The third kappa shape index (κ3) is 4.69. The second-order valence-corrected chi connectivity index (χ2v) is 6.64. The van der Waals surface area contributed by atoms with Crippen LogP contribution in [0, 0.1) is 5.92 Å². The van der Waals surface area contributed by atoms with Crippen molar-refractivity contribution < 1.29 is 14.3 Å². The van der Waals surface area contributed by atoms with E-state index in [1.807, 2.05) is 12.1 Å². The maximum Gasteiger partial charge on any atom is 0.225 e. The molecule has 2 aliphatic rings. The highest BCUT2D eigenvalue weighted by Gasteiger charge is 2.24. The summed E-state index contributed by atoms with van der Waals surface area (Å²) in [6.07, 6.45) is 9.06. The topological polar surface area (TPSA) is 80.3 Å². The number of piperidine rings is 1. The van der Waals surface area contributed by atoms with Gasteiger partial charge in [-0.05, 0) is 37.7 Å². The van der Waals surface area contributed by atoms with Crippen molar-refractivity contribution in [1.82, 2.24) is 15.6 Å². The molecule has 1 aliphatic heterocycles. The van der Waals surface area contributed by atoms with Gasteiger partial charge in [-0.15, -0.1) is 0 Å². The van der Waals surface area contributed by atoms with Gasteiger partial charge in [-0.2, -0.15) is 0 Å². The van der Waals surface area contributed by atoms with E-state index in [1.165, 1.54) is 19.3 Å². The Labute approximate surface area is 142 Å². The van der Waals surface area contributed by atoms with Gasteiger partial charge in [0.15, 0.2) is 0 Å². The molecule has 6 nitrogen and oxygen atoms in total. The average molecular weight is 331 g/mol. The number of rotatable bonds is 5. The normalized spacial score (nSPS) is 21.8.